The van der Waals surface area contributed by atoms with Crippen LogP contribution in [0.4, 0.5) is 0 Å². The smallest absolute Gasteiger partial charge is 0.193 e. The molecule has 104 valence electrons. The number of hydrogen-bond donors (Lipinski definition) is 0. The molecule has 0 aliphatic rings. The first-order chi connectivity index (χ1) is 9.47. The minimum atomic E-state index is 0.119. The zero-order chi connectivity index (χ0) is 14.7. The van der Waals surface area contributed by atoms with E-state index in [4.69, 9.17) is 0 Å². The molecule has 0 atom stereocenters. The third-order valence-corrected chi connectivity index (χ3v) is 3.46. The van der Waals surface area contributed by atoms with Crippen LogP contribution in [0.15, 0.2) is 42.5 Å². The topological polar surface area (TPSA) is 17.1 Å². The predicted molar refractivity (Wildman–Crippen MR) is 84.3 cm³/mol. The van der Waals surface area contributed by atoms with Crippen molar-refractivity contribution < 1.29 is 4.79 Å². The highest BCUT2D eigenvalue weighted by atomic mass is 16.1. The van der Waals surface area contributed by atoms with Gasteiger partial charge in [0, 0.05) is 11.1 Å². The Morgan fingerprint density at radius 3 is 2.45 bits per heavy atom. The van der Waals surface area contributed by atoms with Crippen LogP contribution < -0.4 is 0 Å². The van der Waals surface area contributed by atoms with E-state index in [1.165, 1.54) is 11.1 Å². The SMILES string of the molecule is Cc1ccc(C(=O)c2cccc(CC(C)C)c2)c(C)c1. The number of aryl methyl sites for hydroxylation is 2. The number of hydrogen-bond acceptors (Lipinski definition) is 1. The van der Waals surface area contributed by atoms with E-state index in [1.54, 1.807) is 0 Å². The summed E-state index contributed by atoms with van der Waals surface area (Å²) in [5.74, 6) is 0.717. The van der Waals surface area contributed by atoms with Crippen LogP contribution in [-0.4, -0.2) is 5.78 Å². The van der Waals surface area contributed by atoms with Crippen LogP contribution in [0.1, 0.15) is 46.5 Å². The Kier molecular flexibility index (Phi) is 4.39. The van der Waals surface area contributed by atoms with Crippen LogP contribution >= 0.6 is 0 Å². The molecule has 0 amide bonds. The van der Waals surface area contributed by atoms with Crippen molar-refractivity contribution in [3.63, 3.8) is 0 Å². The highest BCUT2D eigenvalue weighted by molar-refractivity contribution is 6.10. The van der Waals surface area contributed by atoms with Crippen LogP contribution in [0.3, 0.4) is 0 Å². The molecule has 1 nitrogen and oxygen atoms in total. The third kappa shape index (κ3) is 3.36. The maximum atomic E-state index is 12.6. The maximum Gasteiger partial charge on any atom is 0.193 e. The standard InChI is InChI=1S/C19H22O/c1-13(2)10-16-6-5-7-17(12-16)19(20)18-9-8-14(3)11-15(18)4/h5-9,11-13H,10H2,1-4H3. The second-order valence-corrected chi connectivity index (χ2v) is 5.95. The number of carbonyl (C=O) groups is 1. The fraction of sp³-hybridized carbons (Fsp3) is 0.316. The van der Waals surface area contributed by atoms with Gasteiger partial charge in [0.05, 0.1) is 0 Å². The molecule has 2 aromatic rings. The lowest BCUT2D eigenvalue weighted by Gasteiger charge is -2.09. The van der Waals surface area contributed by atoms with Crippen molar-refractivity contribution >= 4 is 5.78 Å². The Bertz CT molecular complexity index is 623. The summed E-state index contributed by atoms with van der Waals surface area (Å²) >= 11 is 0. The second-order valence-electron chi connectivity index (χ2n) is 5.95. The molecule has 0 bridgehead atoms. The van der Waals surface area contributed by atoms with Gasteiger partial charge in [-0.1, -0.05) is 55.8 Å². The highest BCUT2D eigenvalue weighted by Gasteiger charge is 2.12. The first kappa shape index (κ1) is 14.5. The zero-order valence-electron chi connectivity index (χ0n) is 12.7. The van der Waals surface area contributed by atoms with Crippen molar-refractivity contribution in [2.75, 3.05) is 0 Å². The first-order valence-corrected chi connectivity index (χ1v) is 7.18. The Hall–Kier alpha value is -1.89. The summed E-state index contributed by atoms with van der Waals surface area (Å²) in [6.07, 6.45) is 1.01. The molecule has 0 fully saturated rings. The minimum Gasteiger partial charge on any atom is -0.289 e. The maximum absolute atomic E-state index is 12.6. The molecule has 20 heavy (non-hydrogen) atoms. The third-order valence-electron chi connectivity index (χ3n) is 3.46. The molecule has 0 unspecified atom stereocenters. The van der Waals surface area contributed by atoms with Gasteiger partial charge in [0.25, 0.3) is 0 Å². The molecule has 0 aromatic heterocycles. The van der Waals surface area contributed by atoms with Gasteiger partial charge in [-0.05, 0) is 43.4 Å². The fourth-order valence-corrected chi connectivity index (χ4v) is 2.53. The molecule has 1 heteroatoms. The molecule has 0 heterocycles. The van der Waals surface area contributed by atoms with Gasteiger partial charge in [0.2, 0.25) is 0 Å². The average molecular weight is 266 g/mol. The van der Waals surface area contributed by atoms with Crippen LogP contribution in [0, 0.1) is 19.8 Å². The van der Waals surface area contributed by atoms with E-state index in [0.29, 0.717) is 5.92 Å². The largest absolute Gasteiger partial charge is 0.289 e. The molecule has 0 spiro atoms. The molecule has 2 aromatic carbocycles. The lowest BCUT2D eigenvalue weighted by molar-refractivity contribution is 0.103. The summed E-state index contributed by atoms with van der Waals surface area (Å²) in [6.45, 7) is 8.43. The van der Waals surface area contributed by atoms with Crippen LogP contribution in [0.2, 0.25) is 0 Å². The van der Waals surface area contributed by atoms with Crippen LogP contribution in [-0.2, 0) is 6.42 Å². The predicted octanol–water partition coefficient (Wildman–Crippen LogP) is 4.73. The van der Waals surface area contributed by atoms with E-state index < -0.39 is 0 Å². The van der Waals surface area contributed by atoms with Gasteiger partial charge in [0.1, 0.15) is 0 Å². The van der Waals surface area contributed by atoms with E-state index in [-0.39, 0.29) is 5.78 Å². The summed E-state index contributed by atoms with van der Waals surface area (Å²) in [4.78, 5) is 12.6. The van der Waals surface area contributed by atoms with Crippen LogP contribution in [0.25, 0.3) is 0 Å². The Balaban J connectivity index is 2.33. The van der Waals surface area contributed by atoms with Gasteiger partial charge in [-0.3, -0.25) is 4.79 Å². The van der Waals surface area contributed by atoms with Crippen molar-refractivity contribution in [1.82, 2.24) is 0 Å². The first-order valence-electron chi connectivity index (χ1n) is 7.18. The van der Waals surface area contributed by atoms with E-state index >= 15 is 0 Å². The molecule has 0 N–H and O–H groups in total. The van der Waals surface area contributed by atoms with Crippen molar-refractivity contribution in [2.24, 2.45) is 5.92 Å². The van der Waals surface area contributed by atoms with E-state index in [2.05, 4.69) is 26.0 Å². The van der Waals surface area contributed by atoms with Crippen molar-refractivity contribution in [3.8, 4) is 0 Å². The summed E-state index contributed by atoms with van der Waals surface area (Å²) in [7, 11) is 0. The Labute approximate surface area is 121 Å². The zero-order valence-corrected chi connectivity index (χ0v) is 12.7. The highest BCUT2D eigenvalue weighted by Crippen LogP contribution is 2.18. The minimum absolute atomic E-state index is 0.119. The van der Waals surface area contributed by atoms with Gasteiger partial charge in [0.15, 0.2) is 5.78 Å². The van der Waals surface area contributed by atoms with Gasteiger partial charge in [-0.2, -0.15) is 0 Å². The quantitative estimate of drug-likeness (QED) is 0.731. The lowest BCUT2D eigenvalue weighted by Crippen LogP contribution is -2.05. The van der Waals surface area contributed by atoms with E-state index in [1.807, 2.05) is 44.2 Å². The summed E-state index contributed by atoms with van der Waals surface area (Å²) in [5.41, 5.74) is 5.06. The van der Waals surface area contributed by atoms with Crippen molar-refractivity contribution in [2.45, 2.75) is 34.1 Å². The Morgan fingerprint density at radius 1 is 1.05 bits per heavy atom. The average Bonchev–Trinajstić information content (AvgIpc) is 2.37. The fourth-order valence-electron chi connectivity index (χ4n) is 2.53. The molecule has 0 saturated carbocycles. The monoisotopic (exact) mass is 266 g/mol. The van der Waals surface area contributed by atoms with Crippen molar-refractivity contribution in [1.29, 1.82) is 0 Å². The van der Waals surface area contributed by atoms with Crippen molar-refractivity contribution in [3.05, 3.63) is 70.3 Å². The van der Waals surface area contributed by atoms with Crippen LogP contribution in [0.5, 0.6) is 0 Å². The molecule has 0 saturated heterocycles. The summed E-state index contributed by atoms with van der Waals surface area (Å²) in [6, 6.07) is 14.0. The lowest BCUT2D eigenvalue weighted by atomic mass is 9.95. The van der Waals surface area contributed by atoms with E-state index in [9.17, 15) is 4.79 Å². The number of rotatable bonds is 4. The molecular weight excluding hydrogens is 244 g/mol. The molecule has 2 rings (SSSR count). The number of ketones is 1. The molecule has 0 radical (unpaired) electrons. The van der Waals surface area contributed by atoms with E-state index in [0.717, 1.165) is 23.1 Å². The number of benzene rings is 2. The summed E-state index contributed by atoms with van der Waals surface area (Å²) < 4.78 is 0. The Morgan fingerprint density at radius 2 is 1.80 bits per heavy atom. The van der Waals surface area contributed by atoms with Gasteiger partial charge >= 0.3 is 0 Å². The molecule has 0 aliphatic carbocycles. The van der Waals surface area contributed by atoms with Gasteiger partial charge in [-0.25, -0.2) is 0 Å². The normalized spacial score (nSPS) is 10.8. The number of carbonyl (C=O) groups excluding carboxylic acids is 1. The summed E-state index contributed by atoms with van der Waals surface area (Å²) in [5, 5.41) is 0. The van der Waals surface area contributed by atoms with Gasteiger partial charge < -0.3 is 0 Å². The second kappa shape index (κ2) is 6.04. The molecular formula is C19H22O. The molecule has 0 aliphatic heterocycles. The van der Waals surface area contributed by atoms with Gasteiger partial charge in [-0.15, -0.1) is 0 Å².